The summed E-state index contributed by atoms with van der Waals surface area (Å²) in [6, 6.07) is 18.4. The number of aryl methyl sites for hydroxylation is 2. The Hall–Kier alpha value is -3.94. The number of nitrogens with zero attached hydrogens (tertiary/aromatic N) is 4. The van der Waals surface area contributed by atoms with Crippen molar-refractivity contribution in [1.29, 1.82) is 0 Å². The molecular formula is C25H26N4O4. The smallest absolute Gasteiger partial charge is 0.266 e. The molecule has 4 rings (SSSR count). The van der Waals surface area contributed by atoms with E-state index in [-0.39, 0.29) is 11.7 Å². The Labute approximate surface area is 191 Å². The first-order valence-electron chi connectivity index (χ1n) is 10.9. The third kappa shape index (κ3) is 5.65. The van der Waals surface area contributed by atoms with Crippen molar-refractivity contribution in [3.05, 3.63) is 76.9 Å². The molecule has 8 nitrogen and oxygen atoms in total. The molecule has 2 aromatic carbocycles. The predicted octanol–water partition coefficient (Wildman–Crippen LogP) is 4.39. The van der Waals surface area contributed by atoms with Gasteiger partial charge in [-0.1, -0.05) is 5.16 Å². The maximum Gasteiger partial charge on any atom is 0.266 e. The average Bonchev–Trinajstić information content (AvgIpc) is 3.28. The highest BCUT2D eigenvalue weighted by molar-refractivity contribution is 5.59. The van der Waals surface area contributed by atoms with E-state index in [1.807, 2.05) is 69.3 Å². The summed E-state index contributed by atoms with van der Waals surface area (Å²) >= 11 is 0. The number of ether oxygens (including phenoxy) is 2. The summed E-state index contributed by atoms with van der Waals surface area (Å²) in [7, 11) is 0. The Morgan fingerprint density at radius 1 is 0.939 bits per heavy atom. The lowest BCUT2D eigenvalue weighted by Gasteiger charge is -2.09. The normalized spacial score (nSPS) is 11.0. The SMILES string of the molecule is CCOc1ccc(-c2ccc(=O)n(CCc3nc(-c4ccc(OC(C)C)cc4)no3)n2)cc1. The van der Waals surface area contributed by atoms with Gasteiger partial charge in [-0.25, -0.2) is 4.68 Å². The monoisotopic (exact) mass is 446 g/mol. The first kappa shape index (κ1) is 22.3. The highest BCUT2D eigenvalue weighted by Crippen LogP contribution is 2.22. The van der Waals surface area contributed by atoms with Crippen LogP contribution in [-0.2, 0) is 13.0 Å². The van der Waals surface area contributed by atoms with Gasteiger partial charge in [0.1, 0.15) is 11.5 Å². The highest BCUT2D eigenvalue weighted by Gasteiger charge is 2.11. The molecule has 2 heterocycles. The van der Waals surface area contributed by atoms with E-state index in [0.717, 1.165) is 22.6 Å². The number of hydrogen-bond acceptors (Lipinski definition) is 7. The number of rotatable bonds is 9. The van der Waals surface area contributed by atoms with E-state index >= 15 is 0 Å². The van der Waals surface area contributed by atoms with Crippen LogP contribution in [0.5, 0.6) is 11.5 Å². The number of hydrogen-bond donors (Lipinski definition) is 0. The Balaban J connectivity index is 1.44. The molecule has 0 unspecified atom stereocenters. The molecule has 2 aromatic heterocycles. The summed E-state index contributed by atoms with van der Waals surface area (Å²) in [6.45, 7) is 6.83. The summed E-state index contributed by atoms with van der Waals surface area (Å²) in [5.41, 5.74) is 2.24. The van der Waals surface area contributed by atoms with Gasteiger partial charge in [-0.05, 0) is 75.4 Å². The minimum atomic E-state index is -0.190. The minimum absolute atomic E-state index is 0.109. The topological polar surface area (TPSA) is 92.3 Å². The molecule has 0 atom stereocenters. The van der Waals surface area contributed by atoms with E-state index in [2.05, 4.69) is 15.2 Å². The van der Waals surface area contributed by atoms with Crippen molar-refractivity contribution in [1.82, 2.24) is 19.9 Å². The second-order valence-electron chi connectivity index (χ2n) is 7.69. The van der Waals surface area contributed by atoms with E-state index < -0.39 is 0 Å². The molecule has 0 amide bonds. The highest BCUT2D eigenvalue weighted by atomic mass is 16.5. The van der Waals surface area contributed by atoms with Gasteiger partial charge in [0.05, 0.1) is 24.9 Å². The second-order valence-corrected chi connectivity index (χ2v) is 7.69. The average molecular weight is 447 g/mol. The molecular weight excluding hydrogens is 420 g/mol. The standard InChI is InChI=1S/C25H26N4O4/c1-4-31-20-9-5-18(6-10-20)22-13-14-24(30)29(27-22)16-15-23-26-25(28-33-23)19-7-11-21(12-8-19)32-17(2)3/h5-14,17H,4,15-16H2,1-3H3. The van der Waals surface area contributed by atoms with Gasteiger partial charge in [0, 0.05) is 23.6 Å². The van der Waals surface area contributed by atoms with Gasteiger partial charge in [0.15, 0.2) is 0 Å². The van der Waals surface area contributed by atoms with Crippen LogP contribution in [0.2, 0.25) is 0 Å². The molecule has 0 saturated heterocycles. The van der Waals surface area contributed by atoms with Gasteiger partial charge in [0.25, 0.3) is 5.56 Å². The molecule has 0 spiro atoms. The fourth-order valence-corrected chi connectivity index (χ4v) is 3.28. The molecule has 170 valence electrons. The molecule has 0 radical (unpaired) electrons. The number of aromatic nitrogens is 4. The first-order valence-corrected chi connectivity index (χ1v) is 10.9. The molecule has 4 aromatic rings. The minimum Gasteiger partial charge on any atom is -0.494 e. The lowest BCUT2D eigenvalue weighted by Crippen LogP contribution is -2.23. The zero-order valence-corrected chi connectivity index (χ0v) is 18.9. The van der Waals surface area contributed by atoms with Crippen molar-refractivity contribution < 1.29 is 14.0 Å². The third-order valence-corrected chi connectivity index (χ3v) is 4.82. The van der Waals surface area contributed by atoms with Crippen LogP contribution in [0.3, 0.4) is 0 Å². The van der Waals surface area contributed by atoms with Crippen molar-refractivity contribution >= 4 is 0 Å². The van der Waals surface area contributed by atoms with Crippen LogP contribution in [0.25, 0.3) is 22.6 Å². The molecule has 0 fully saturated rings. The molecule has 33 heavy (non-hydrogen) atoms. The Bertz CT molecular complexity index is 1240. The molecule has 0 bridgehead atoms. The molecule has 0 aliphatic rings. The van der Waals surface area contributed by atoms with E-state index in [4.69, 9.17) is 14.0 Å². The molecule has 0 N–H and O–H groups in total. The van der Waals surface area contributed by atoms with Crippen LogP contribution >= 0.6 is 0 Å². The Kier molecular flexibility index (Phi) is 6.83. The zero-order valence-electron chi connectivity index (χ0n) is 18.9. The maximum absolute atomic E-state index is 12.3. The lowest BCUT2D eigenvalue weighted by atomic mass is 10.1. The van der Waals surface area contributed by atoms with Crippen molar-refractivity contribution in [2.24, 2.45) is 0 Å². The van der Waals surface area contributed by atoms with Crippen LogP contribution in [0.4, 0.5) is 0 Å². The molecule has 0 aliphatic heterocycles. The van der Waals surface area contributed by atoms with Gasteiger partial charge in [0.2, 0.25) is 11.7 Å². The molecule has 0 saturated carbocycles. The lowest BCUT2D eigenvalue weighted by molar-refractivity contribution is 0.242. The fraction of sp³-hybridized carbons (Fsp3) is 0.280. The summed E-state index contributed by atoms with van der Waals surface area (Å²) < 4.78 is 17.9. The zero-order chi connectivity index (χ0) is 23.2. The first-order chi connectivity index (χ1) is 16.0. The molecule has 8 heteroatoms. The van der Waals surface area contributed by atoms with E-state index in [1.54, 1.807) is 6.07 Å². The quantitative estimate of drug-likeness (QED) is 0.376. The summed E-state index contributed by atoms with van der Waals surface area (Å²) in [5, 5.41) is 8.54. The van der Waals surface area contributed by atoms with Gasteiger partial charge in [-0.15, -0.1) is 0 Å². The van der Waals surface area contributed by atoms with E-state index in [9.17, 15) is 4.79 Å². The fourth-order valence-electron chi connectivity index (χ4n) is 3.28. The molecule has 0 aliphatic carbocycles. The van der Waals surface area contributed by atoms with E-state index in [1.165, 1.54) is 10.7 Å². The maximum atomic E-state index is 12.3. The predicted molar refractivity (Wildman–Crippen MR) is 124 cm³/mol. The van der Waals surface area contributed by atoms with Crippen LogP contribution in [-0.4, -0.2) is 32.6 Å². The van der Waals surface area contributed by atoms with Gasteiger partial charge in [-0.3, -0.25) is 4.79 Å². The third-order valence-electron chi connectivity index (χ3n) is 4.82. The largest absolute Gasteiger partial charge is 0.494 e. The van der Waals surface area contributed by atoms with Crippen LogP contribution in [0.1, 0.15) is 26.7 Å². The number of benzene rings is 2. The van der Waals surface area contributed by atoms with Crippen molar-refractivity contribution in [3.8, 4) is 34.1 Å². The Morgan fingerprint density at radius 3 is 2.33 bits per heavy atom. The van der Waals surface area contributed by atoms with Crippen LogP contribution in [0, 0.1) is 0 Å². The van der Waals surface area contributed by atoms with Crippen molar-refractivity contribution in [2.45, 2.75) is 39.8 Å². The summed E-state index contributed by atoms with van der Waals surface area (Å²) in [4.78, 5) is 16.7. The van der Waals surface area contributed by atoms with Crippen LogP contribution in [0.15, 0.2) is 70.0 Å². The second kappa shape index (κ2) is 10.1. The van der Waals surface area contributed by atoms with Gasteiger partial charge in [-0.2, -0.15) is 10.1 Å². The van der Waals surface area contributed by atoms with Crippen molar-refractivity contribution in [2.75, 3.05) is 6.61 Å². The van der Waals surface area contributed by atoms with Gasteiger partial charge < -0.3 is 14.0 Å². The van der Waals surface area contributed by atoms with Gasteiger partial charge >= 0.3 is 0 Å². The van der Waals surface area contributed by atoms with E-state index in [0.29, 0.717) is 37.0 Å². The Morgan fingerprint density at radius 2 is 1.64 bits per heavy atom. The van der Waals surface area contributed by atoms with Crippen LogP contribution < -0.4 is 15.0 Å². The van der Waals surface area contributed by atoms with Crippen molar-refractivity contribution in [3.63, 3.8) is 0 Å². The summed E-state index contributed by atoms with van der Waals surface area (Å²) in [6.07, 6.45) is 0.499. The summed E-state index contributed by atoms with van der Waals surface area (Å²) in [5.74, 6) is 2.51.